The maximum atomic E-state index is 11.5. The van der Waals surface area contributed by atoms with E-state index in [0.29, 0.717) is 12.1 Å². The molecule has 0 aromatic carbocycles. The van der Waals surface area contributed by atoms with Crippen LogP contribution in [0.3, 0.4) is 0 Å². The van der Waals surface area contributed by atoms with Gasteiger partial charge in [-0.05, 0) is 26.2 Å². The number of aliphatic hydroxyl groups excluding tert-OH is 1. The lowest BCUT2D eigenvalue weighted by atomic mass is 10.1. The maximum Gasteiger partial charge on any atom is 0.154 e. The number of likely N-dealkylation sites (tertiary alicyclic amines) is 1. The Kier molecular flexibility index (Phi) is 3.29. The molecule has 1 N–H and O–H groups in total. The van der Waals surface area contributed by atoms with E-state index in [9.17, 15) is 13.5 Å². The van der Waals surface area contributed by atoms with Gasteiger partial charge in [0, 0.05) is 12.1 Å². The van der Waals surface area contributed by atoms with Crippen LogP contribution in [0.4, 0.5) is 0 Å². The molecule has 2 aliphatic heterocycles. The molecular weight excluding hydrogens is 226 g/mol. The van der Waals surface area contributed by atoms with Crippen LogP contribution in [0.25, 0.3) is 0 Å². The molecular formula is C11H21NO3S. The summed E-state index contributed by atoms with van der Waals surface area (Å²) in [5.41, 5.74) is 0. The first-order valence-corrected chi connectivity index (χ1v) is 7.92. The van der Waals surface area contributed by atoms with E-state index in [0.717, 1.165) is 19.3 Å². The highest BCUT2D eigenvalue weighted by Gasteiger charge is 2.45. The Bertz CT molecular complexity index is 354. The first-order chi connectivity index (χ1) is 7.44. The van der Waals surface area contributed by atoms with Crippen LogP contribution in [-0.4, -0.2) is 54.2 Å². The first kappa shape index (κ1) is 12.3. The van der Waals surface area contributed by atoms with Crippen molar-refractivity contribution in [1.82, 2.24) is 4.90 Å². The minimum Gasteiger partial charge on any atom is -0.390 e. The average Bonchev–Trinajstić information content (AvgIpc) is 2.66. The van der Waals surface area contributed by atoms with Crippen LogP contribution in [0.2, 0.25) is 0 Å². The average molecular weight is 247 g/mol. The van der Waals surface area contributed by atoms with E-state index >= 15 is 0 Å². The van der Waals surface area contributed by atoms with Crippen LogP contribution in [0.15, 0.2) is 0 Å². The number of sulfone groups is 1. The highest BCUT2D eigenvalue weighted by atomic mass is 32.2. The number of nitrogens with zero attached hydrogens (tertiary/aromatic N) is 1. The Morgan fingerprint density at radius 2 is 2.00 bits per heavy atom. The fraction of sp³-hybridized carbons (Fsp3) is 1.00. The molecule has 4 nitrogen and oxygen atoms in total. The summed E-state index contributed by atoms with van der Waals surface area (Å²) < 4.78 is 23.0. The van der Waals surface area contributed by atoms with Gasteiger partial charge < -0.3 is 5.11 Å². The summed E-state index contributed by atoms with van der Waals surface area (Å²) in [4.78, 5) is 2.25. The number of rotatable bonds is 2. The fourth-order valence-electron chi connectivity index (χ4n) is 3.20. The molecule has 94 valence electrons. The molecule has 0 saturated carbocycles. The quantitative estimate of drug-likeness (QED) is 0.768. The molecule has 0 amide bonds. The zero-order chi connectivity index (χ0) is 11.9. The minimum atomic E-state index is -3.03. The predicted molar refractivity (Wildman–Crippen MR) is 63.1 cm³/mol. The van der Waals surface area contributed by atoms with Crippen LogP contribution in [0.1, 0.15) is 33.1 Å². The third-order valence-electron chi connectivity index (χ3n) is 4.00. The summed E-state index contributed by atoms with van der Waals surface area (Å²) >= 11 is 0. The summed E-state index contributed by atoms with van der Waals surface area (Å²) in [6.07, 6.45) is 2.58. The van der Waals surface area contributed by atoms with Crippen LogP contribution in [-0.2, 0) is 9.84 Å². The first-order valence-electron chi connectivity index (χ1n) is 6.10. The van der Waals surface area contributed by atoms with Crippen molar-refractivity contribution in [3.05, 3.63) is 0 Å². The van der Waals surface area contributed by atoms with Gasteiger partial charge in [-0.25, -0.2) is 8.42 Å². The van der Waals surface area contributed by atoms with Gasteiger partial charge in [0.1, 0.15) is 0 Å². The van der Waals surface area contributed by atoms with E-state index in [-0.39, 0.29) is 17.5 Å². The lowest BCUT2D eigenvalue weighted by Crippen LogP contribution is -2.48. The molecule has 0 aromatic rings. The Hall–Kier alpha value is -0.130. The van der Waals surface area contributed by atoms with Crippen molar-refractivity contribution >= 4 is 9.84 Å². The standard InChI is InChI=1S/C11H21NO3S/c1-3-9-5-4-8(2)12(9)10-6-16(14,15)7-11(10)13/h8-11,13H,3-7H2,1-2H3. The molecule has 4 atom stereocenters. The van der Waals surface area contributed by atoms with Gasteiger partial charge in [0.15, 0.2) is 9.84 Å². The zero-order valence-corrected chi connectivity index (χ0v) is 10.8. The summed E-state index contributed by atoms with van der Waals surface area (Å²) in [6, 6.07) is 0.674. The second kappa shape index (κ2) is 4.27. The SMILES string of the molecule is CCC1CCC(C)N1C1CS(=O)(=O)CC1O. The smallest absolute Gasteiger partial charge is 0.154 e. The normalized spacial score (nSPS) is 43.9. The molecule has 2 heterocycles. The van der Waals surface area contributed by atoms with E-state index < -0.39 is 15.9 Å². The van der Waals surface area contributed by atoms with Crippen molar-refractivity contribution in [3.8, 4) is 0 Å². The van der Waals surface area contributed by atoms with Gasteiger partial charge in [-0.15, -0.1) is 0 Å². The molecule has 0 bridgehead atoms. The van der Waals surface area contributed by atoms with Crippen molar-refractivity contribution in [2.24, 2.45) is 0 Å². The second-order valence-electron chi connectivity index (χ2n) is 5.15. The van der Waals surface area contributed by atoms with E-state index in [1.165, 1.54) is 0 Å². The summed E-state index contributed by atoms with van der Waals surface area (Å²) in [5, 5.41) is 9.90. The summed E-state index contributed by atoms with van der Waals surface area (Å²) in [5.74, 6) is 0.0757. The molecule has 0 radical (unpaired) electrons. The lowest BCUT2D eigenvalue weighted by Gasteiger charge is -2.34. The number of hydrogen-bond acceptors (Lipinski definition) is 4. The molecule has 4 unspecified atom stereocenters. The second-order valence-corrected chi connectivity index (χ2v) is 7.30. The van der Waals surface area contributed by atoms with Crippen LogP contribution in [0, 0.1) is 0 Å². The topological polar surface area (TPSA) is 57.6 Å². The van der Waals surface area contributed by atoms with E-state index in [2.05, 4.69) is 18.7 Å². The van der Waals surface area contributed by atoms with Crippen LogP contribution in [0.5, 0.6) is 0 Å². The molecule has 2 fully saturated rings. The van der Waals surface area contributed by atoms with Crippen molar-refractivity contribution in [3.63, 3.8) is 0 Å². The van der Waals surface area contributed by atoms with Crippen molar-refractivity contribution < 1.29 is 13.5 Å². The van der Waals surface area contributed by atoms with Crippen LogP contribution >= 0.6 is 0 Å². The Morgan fingerprint density at radius 3 is 2.50 bits per heavy atom. The van der Waals surface area contributed by atoms with Gasteiger partial charge >= 0.3 is 0 Å². The Morgan fingerprint density at radius 1 is 1.31 bits per heavy atom. The largest absolute Gasteiger partial charge is 0.390 e. The van der Waals surface area contributed by atoms with E-state index in [1.807, 2.05) is 0 Å². The molecule has 2 rings (SSSR count). The molecule has 0 aromatic heterocycles. The van der Waals surface area contributed by atoms with Gasteiger partial charge in [0.05, 0.1) is 23.7 Å². The van der Waals surface area contributed by atoms with Gasteiger partial charge in [0.2, 0.25) is 0 Å². The highest BCUT2D eigenvalue weighted by molar-refractivity contribution is 7.91. The van der Waals surface area contributed by atoms with Crippen molar-refractivity contribution in [1.29, 1.82) is 0 Å². The Balaban J connectivity index is 2.18. The van der Waals surface area contributed by atoms with E-state index in [4.69, 9.17) is 0 Å². The fourth-order valence-corrected chi connectivity index (χ4v) is 4.99. The van der Waals surface area contributed by atoms with E-state index in [1.54, 1.807) is 0 Å². The monoisotopic (exact) mass is 247 g/mol. The maximum absolute atomic E-state index is 11.5. The minimum absolute atomic E-state index is 0.0582. The van der Waals surface area contributed by atoms with Gasteiger partial charge in [-0.2, -0.15) is 0 Å². The van der Waals surface area contributed by atoms with Gasteiger partial charge in [-0.1, -0.05) is 6.92 Å². The number of hydrogen-bond donors (Lipinski definition) is 1. The molecule has 2 saturated heterocycles. The molecule has 5 heteroatoms. The third kappa shape index (κ3) is 2.13. The Labute approximate surface area is 97.6 Å². The summed E-state index contributed by atoms with van der Waals surface area (Å²) in [6.45, 7) is 4.26. The van der Waals surface area contributed by atoms with Crippen molar-refractivity contribution in [2.45, 2.75) is 57.3 Å². The van der Waals surface area contributed by atoms with Crippen LogP contribution < -0.4 is 0 Å². The molecule has 0 spiro atoms. The number of aliphatic hydroxyl groups is 1. The molecule has 2 aliphatic rings. The third-order valence-corrected chi connectivity index (χ3v) is 5.69. The molecule has 0 aliphatic carbocycles. The molecule has 16 heavy (non-hydrogen) atoms. The van der Waals surface area contributed by atoms with Gasteiger partial charge in [0.25, 0.3) is 0 Å². The predicted octanol–water partition coefficient (Wildman–Crippen LogP) is 0.407. The van der Waals surface area contributed by atoms with Crippen molar-refractivity contribution in [2.75, 3.05) is 11.5 Å². The lowest BCUT2D eigenvalue weighted by molar-refractivity contribution is 0.0528. The highest BCUT2D eigenvalue weighted by Crippen LogP contribution is 2.32. The zero-order valence-electron chi connectivity index (χ0n) is 9.96. The summed E-state index contributed by atoms with van der Waals surface area (Å²) in [7, 11) is -3.03. The van der Waals surface area contributed by atoms with Gasteiger partial charge in [-0.3, -0.25) is 4.90 Å².